The van der Waals surface area contributed by atoms with E-state index in [9.17, 15) is 0 Å². The Bertz CT molecular complexity index is 801. The van der Waals surface area contributed by atoms with E-state index in [4.69, 9.17) is 21.7 Å². The average Bonchev–Trinajstić information content (AvgIpc) is 3.20. The summed E-state index contributed by atoms with van der Waals surface area (Å²) >= 11 is 5.31. The topological polar surface area (TPSA) is 54.9 Å². The molecule has 26 heavy (non-hydrogen) atoms. The van der Waals surface area contributed by atoms with E-state index < -0.39 is 0 Å². The summed E-state index contributed by atoms with van der Waals surface area (Å²) in [6.45, 7) is 3.65. The van der Waals surface area contributed by atoms with Crippen LogP contribution in [0, 0.1) is 0 Å². The zero-order valence-corrected chi connectivity index (χ0v) is 16.1. The smallest absolute Gasteiger partial charge is 0.187 e. The number of fused-ring (bicyclic) bond motifs is 1. The summed E-state index contributed by atoms with van der Waals surface area (Å²) in [6, 6.07) is 12.4. The minimum atomic E-state index is 0.252. The third-order valence-corrected chi connectivity index (χ3v) is 4.76. The van der Waals surface area contributed by atoms with Crippen LogP contribution in [0.25, 0.3) is 10.8 Å². The van der Waals surface area contributed by atoms with E-state index in [1.54, 1.807) is 7.11 Å². The minimum Gasteiger partial charge on any atom is -0.497 e. The first-order valence-corrected chi connectivity index (χ1v) is 9.40. The van der Waals surface area contributed by atoms with Crippen LogP contribution >= 0.6 is 12.2 Å². The Morgan fingerprint density at radius 2 is 2.08 bits per heavy atom. The largest absolute Gasteiger partial charge is 0.497 e. The quantitative estimate of drug-likeness (QED) is 0.462. The lowest BCUT2D eigenvalue weighted by molar-refractivity contribution is 0.114. The summed E-state index contributed by atoms with van der Waals surface area (Å²) < 4.78 is 10.9. The van der Waals surface area contributed by atoms with Crippen molar-refractivity contribution in [2.75, 3.05) is 20.3 Å². The molecule has 1 aliphatic rings. The molecule has 138 valence electrons. The van der Waals surface area contributed by atoms with Crippen molar-refractivity contribution in [2.24, 2.45) is 5.10 Å². The van der Waals surface area contributed by atoms with Crippen molar-refractivity contribution < 1.29 is 9.47 Å². The van der Waals surface area contributed by atoms with Gasteiger partial charge in [0, 0.05) is 13.2 Å². The third kappa shape index (κ3) is 4.71. The van der Waals surface area contributed by atoms with Crippen LogP contribution in [0.15, 0.2) is 41.5 Å². The molecule has 1 heterocycles. The number of nitrogens with zero attached hydrogens (tertiary/aromatic N) is 1. The number of methoxy groups -OCH3 is 1. The molecule has 0 radical (unpaired) electrons. The van der Waals surface area contributed by atoms with Crippen molar-refractivity contribution in [3.8, 4) is 5.75 Å². The van der Waals surface area contributed by atoms with Crippen molar-refractivity contribution in [1.82, 2.24) is 10.7 Å². The summed E-state index contributed by atoms with van der Waals surface area (Å²) in [6.07, 6.45) is 3.27. The van der Waals surface area contributed by atoms with E-state index in [0.717, 1.165) is 60.2 Å². The molecule has 2 aromatic carbocycles. The normalized spacial score (nSPS) is 17.3. The molecule has 0 aliphatic carbocycles. The van der Waals surface area contributed by atoms with Gasteiger partial charge in [0.2, 0.25) is 0 Å². The molecule has 6 heteroatoms. The Kier molecular flexibility index (Phi) is 6.41. The molecule has 0 saturated carbocycles. The van der Waals surface area contributed by atoms with Gasteiger partial charge in [0.1, 0.15) is 5.75 Å². The molecule has 1 aliphatic heterocycles. The van der Waals surface area contributed by atoms with Gasteiger partial charge in [-0.1, -0.05) is 25.1 Å². The molecule has 0 amide bonds. The van der Waals surface area contributed by atoms with Gasteiger partial charge in [-0.15, -0.1) is 0 Å². The number of benzene rings is 2. The van der Waals surface area contributed by atoms with E-state index in [1.165, 1.54) is 0 Å². The zero-order chi connectivity index (χ0) is 18.4. The fourth-order valence-electron chi connectivity index (χ4n) is 3.05. The highest BCUT2D eigenvalue weighted by atomic mass is 32.1. The van der Waals surface area contributed by atoms with Crippen LogP contribution in [0.3, 0.4) is 0 Å². The molecule has 1 fully saturated rings. The van der Waals surface area contributed by atoms with Crippen LogP contribution in [-0.4, -0.2) is 37.2 Å². The van der Waals surface area contributed by atoms with Gasteiger partial charge in [-0.2, -0.15) is 5.10 Å². The second kappa shape index (κ2) is 8.96. The van der Waals surface area contributed by atoms with E-state index >= 15 is 0 Å². The molecule has 3 rings (SSSR count). The standard InChI is InChI=1S/C20H25N3O2S/c1-3-19(22-23-20(26)21-13-18-5-4-10-25-18)16-7-6-15-12-17(24-2)9-8-14(15)11-16/h6-9,11-12,18H,3-5,10,13H2,1-2H3,(H2,21,23,26)/b22-19-/t18-/m0/s1. The highest BCUT2D eigenvalue weighted by molar-refractivity contribution is 7.80. The summed E-state index contributed by atoms with van der Waals surface area (Å²) in [5.74, 6) is 0.860. The lowest BCUT2D eigenvalue weighted by atomic mass is 10.0. The number of thiocarbonyl (C=S) groups is 1. The maximum absolute atomic E-state index is 5.58. The Labute approximate surface area is 159 Å². The van der Waals surface area contributed by atoms with Crippen LogP contribution in [0.2, 0.25) is 0 Å². The summed E-state index contributed by atoms with van der Waals surface area (Å²) in [7, 11) is 1.68. The number of hydrogen-bond donors (Lipinski definition) is 2. The Morgan fingerprint density at radius 1 is 1.27 bits per heavy atom. The number of hydrogen-bond acceptors (Lipinski definition) is 4. The molecule has 0 bridgehead atoms. The van der Waals surface area contributed by atoms with Crippen LogP contribution < -0.4 is 15.5 Å². The summed E-state index contributed by atoms with van der Waals surface area (Å²) in [5.41, 5.74) is 5.00. The van der Waals surface area contributed by atoms with Crippen LogP contribution in [0.1, 0.15) is 31.7 Å². The number of nitrogens with one attached hydrogen (secondary N) is 2. The van der Waals surface area contributed by atoms with Crippen molar-refractivity contribution in [2.45, 2.75) is 32.3 Å². The van der Waals surface area contributed by atoms with E-state index in [2.05, 4.69) is 47.0 Å². The molecule has 0 unspecified atom stereocenters. The predicted molar refractivity (Wildman–Crippen MR) is 110 cm³/mol. The van der Waals surface area contributed by atoms with Gasteiger partial charge in [-0.3, -0.25) is 5.43 Å². The highest BCUT2D eigenvalue weighted by Crippen LogP contribution is 2.22. The van der Waals surface area contributed by atoms with Gasteiger partial charge in [-0.25, -0.2) is 0 Å². The van der Waals surface area contributed by atoms with E-state index in [0.29, 0.717) is 5.11 Å². The van der Waals surface area contributed by atoms with E-state index in [-0.39, 0.29) is 6.10 Å². The second-order valence-corrected chi connectivity index (χ2v) is 6.71. The van der Waals surface area contributed by atoms with Gasteiger partial charge < -0.3 is 14.8 Å². The van der Waals surface area contributed by atoms with Gasteiger partial charge in [0.15, 0.2) is 5.11 Å². The number of ether oxygens (including phenoxy) is 2. The number of hydrazone groups is 1. The number of rotatable bonds is 6. The molecule has 5 nitrogen and oxygen atoms in total. The average molecular weight is 372 g/mol. The fourth-order valence-corrected chi connectivity index (χ4v) is 3.18. The minimum absolute atomic E-state index is 0.252. The van der Waals surface area contributed by atoms with Crippen LogP contribution in [0.4, 0.5) is 0 Å². The predicted octanol–water partition coefficient (Wildman–Crippen LogP) is 3.61. The first-order valence-electron chi connectivity index (χ1n) is 8.99. The van der Waals surface area contributed by atoms with Gasteiger partial charge in [-0.05, 0) is 66.0 Å². The van der Waals surface area contributed by atoms with Crippen LogP contribution in [0.5, 0.6) is 5.75 Å². The van der Waals surface area contributed by atoms with Crippen molar-refractivity contribution in [3.05, 3.63) is 42.0 Å². The zero-order valence-electron chi connectivity index (χ0n) is 15.2. The second-order valence-electron chi connectivity index (χ2n) is 6.30. The molecule has 2 N–H and O–H groups in total. The van der Waals surface area contributed by atoms with Crippen molar-refractivity contribution in [3.63, 3.8) is 0 Å². The highest BCUT2D eigenvalue weighted by Gasteiger charge is 2.15. The maximum atomic E-state index is 5.58. The Balaban J connectivity index is 1.65. The lowest BCUT2D eigenvalue weighted by Crippen LogP contribution is -2.37. The molecular weight excluding hydrogens is 346 g/mol. The van der Waals surface area contributed by atoms with Gasteiger partial charge in [0.25, 0.3) is 0 Å². The molecule has 0 spiro atoms. The molecule has 2 aromatic rings. The van der Waals surface area contributed by atoms with Crippen molar-refractivity contribution >= 4 is 33.8 Å². The SMILES string of the molecule is CC/C(=N/NC(=S)NC[C@@H]1CCCO1)c1ccc2cc(OC)ccc2c1. The summed E-state index contributed by atoms with van der Waals surface area (Å²) in [5, 5.41) is 10.5. The third-order valence-electron chi connectivity index (χ3n) is 4.52. The molecule has 1 atom stereocenters. The Morgan fingerprint density at radius 3 is 2.81 bits per heavy atom. The fraction of sp³-hybridized carbons (Fsp3) is 0.400. The van der Waals surface area contributed by atoms with Gasteiger partial charge in [0.05, 0.1) is 18.9 Å². The first-order chi connectivity index (χ1) is 12.7. The maximum Gasteiger partial charge on any atom is 0.187 e. The molecular formula is C20H25N3O2S. The molecule has 0 aromatic heterocycles. The van der Waals surface area contributed by atoms with Gasteiger partial charge >= 0.3 is 0 Å². The first kappa shape index (κ1) is 18.6. The Hall–Kier alpha value is -2.18. The monoisotopic (exact) mass is 371 g/mol. The lowest BCUT2D eigenvalue weighted by Gasteiger charge is -2.13. The van der Waals surface area contributed by atoms with E-state index in [1.807, 2.05) is 12.1 Å². The molecule has 1 saturated heterocycles. The van der Waals surface area contributed by atoms with Crippen LogP contribution in [-0.2, 0) is 4.74 Å². The summed E-state index contributed by atoms with van der Waals surface area (Å²) in [4.78, 5) is 0. The van der Waals surface area contributed by atoms with Crippen molar-refractivity contribution in [1.29, 1.82) is 0 Å².